The lowest BCUT2D eigenvalue weighted by molar-refractivity contribution is -0.115. The molecule has 2 amide bonds. The third-order valence-corrected chi connectivity index (χ3v) is 3.94. The van der Waals surface area contributed by atoms with Gasteiger partial charge in [-0.2, -0.15) is 0 Å². The number of carbonyl (C=O) groups excluding carboxylic acids is 2. The van der Waals surface area contributed by atoms with Gasteiger partial charge in [0.1, 0.15) is 5.60 Å². The van der Waals surface area contributed by atoms with Gasteiger partial charge in [-0.3, -0.25) is 4.79 Å². The molecule has 0 fully saturated rings. The second-order valence-corrected chi connectivity index (χ2v) is 7.46. The lowest BCUT2D eigenvalue weighted by atomic mass is 10.2. The summed E-state index contributed by atoms with van der Waals surface area (Å²) in [5.41, 5.74) is 2.41. The predicted octanol–water partition coefficient (Wildman–Crippen LogP) is 0.899. The molecule has 2 rings (SSSR count). The summed E-state index contributed by atoms with van der Waals surface area (Å²) in [5.74, 6) is -0.190. The maximum absolute atomic E-state index is 12.1. The Balaban J connectivity index is 2.07. The number of amides is 2. The summed E-state index contributed by atoms with van der Waals surface area (Å²) in [6, 6.07) is 4.22. The van der Waals surface area contributed by atoms with Crippen LogP contribution in [0.25, 0.3) is 0 Å². The minimum atomic E-state index is -3.95. The number of hydrogen-bond donors (Lipinski definition) is 3. The molecular formula is C13H17N3O5S. The van der Waals surface area contributed by atoms with E-state index in [1.54, 1.807) is 20.8 Å². The number of nitrogens with one attached hydrogen (secondary N) is 3. The molecule has 0 saturated carbocycles. The van der Waals surface area contributed by atoms with Crippen LogP contribution in [-0.2, 0) is 26.0 Å². The van der Waals surface area contributed by atoms with Crippen LogP contribution in [0.15, 0.2) is 23.1 Å². The fraction of sp³-hybridized carbons (Fsp3) is 0.385. The highest BCUT2D eigenvalue weighted by molar-refractivity contribution is 7.89. The van der Waals surface area contributed by atoms with Crippen LogP contribution in [0.4, 0.5) is 10.5 Å². The lowest BCUT2D eigenvalue weighted by Gasteiger charge is -2.19. The molecule has 0 bridgehead atoms. The smallest absolute Gasteiger partial charge is 0.423 e. The molecule has 0 aliphatic carbocycles. The number of fused-ring (bicyclic) bond motifs is 1. The summed E-state index contributed by atoms with van der Waals surface area (Å²) >= 11 is 0. The number of ether oxygens (including phenoxy) is 1. The van der Waals surface area contributed by atoms with Crippen molar-refractivity contribution in [3.8, 4) is 0 Å². The van der Waals surface area contributed by atoms with Crippen molar-refractivity contribution >= 4 is 27.7 Å². The first-order valence-corrected chi connectivity index (χ1v) is 7.99. The Labute approximate surface area is 128 Å². The van der Waals surface area contributed by atoms with E-state index in [9.17, 15) is 18.0 Å². The van der Waals surface area contributed by atoms with E-state index in [4.69, 9.17) is 4.74 Å². The van der Waals surface area contributed by atoms with Crippen LogP contribution in [0.1, 0.15) is 26.3 Å². The fourth-order valence-corrected chi connectivity index (χ4v) is 2.72. The number of benzene rings is 1. The summed E-state index contributed by atoms with van der Waals surface area (Å²) < 4.78 is 29.1. The van der Waals surface area contributed by atoms with Crippen molar-refractivity contribution in [3.63, 3.8) is 0 Å². The van der Waals surface area contributed by atoms with Crippen molar-refractivity contribution in [2.45, 2.75) is 37.7 Å². The summed E-state index contributed by atoms with van der Waals surface area (Å²) in [4.78, 5) is 24.6. The molecule has 22 heavy (non-hydrogen) atoms. The van der Waals surface area contributed by atoms with Gasteiger partial charge in [-0.15, -0.1) is 4.83 Å². The van der Waals surface area contributed by atoms with Crippen molar-refractivity contribution in [1.29, 1.82) is 0 Å². The van der Waals surface area contributed by atoms with Gasteiger partial charge in [0.2, 0.25) is 5.91 Å². The van der Waals surface area contributed by atoms with Gasteiger partial charge in [-0.05, 0) is 44.5 Å². The van der Waals surface area contributed by atoms with E-state index in [0.717, 1.165) is 0 Å². The zero-order valence-electron chi connectivity index (χ0n) is 12.4. The monoisotopic (exact) mass is 327 g/mol. The van der Waals surface area contributed by atoms with Crippen molar-refractivity contribution in [1.82, 2.24) is 10.3 Å². The van der Waals surface area contributed by atoms with Crippen LogP contribution in [0.5, 0.6) is 0 Å². The van der Waals surface area contributed by atoms with Crippen LogP contribution >= 0.6 is 0 Å². The Kier molecular flexibility index (Phi) is 4.12. The SMILES string of the molecule is CC(C)(C)OC(=O)NNS(=O)(=O)c1ccc2c(c1)CC(=O)N2. The molecule has 0 unspecified atom stereocenters. The number of anilines is 1. The van der Waals surface area contributed by atoms with Gasteiger partial charge in [-0.1, -0.05) is 0 Å². The highest BCUT2D eigenvalue weighted by atomic mass is 32.2. The minimum Gasteiger partial charge on any atom is -0.443 e. The van der Waals surface area contributed by atoms with Gasteiger partial charge in [0.15, 0.2) is 0 Å². The summed E-state index contributed by atoms with van der Waals surface area (Å²) in [6.45, 7) is 4.97. The van der Waals surface area contributed by atoms with Crippen LogP contribution < -0.4 is 15.6 Å². The number of rotatable bonds is 3. The zero-order valence-corrected chi connectivity index (χ0v) is 13.2. The number of hydrazine groups is 1. The first kappa shape index (κ1) is 16.2. The molecule has 1 aromatic rings. The number of hydrogen-bond acceptors (Lipinski definition) is 5. The molecule has 1 heterocycles. The molecule has 0 radical (unpaired) electrons. The van der Waals surface area contributed by atoms with Gasteiger partial charge < -0.3 is 10.1 Å². The zero-order chi connectivity index (χ0) is 16.5. The minimum absolute atomic E-state index is 0.0567. The third-order valence-electron chi connectivity index (χ3n) is 2.70. The fourth-order valence-electron chi connectivity index (χ4n) is 1.84. The maximum atomic E-state index is 12.1. The highest BCUT2D eigenvalue weighted by Crippen LogP contribution is 2.25. The molecule has 1 aromatic carbocycles. The lowest BCUT2D eigenvalue weighted by Crippen LogP contribution is -2.44. The Morgan fingerprint density at radius 1 is 1.32 bits per heavy atom. The van der Waals surface area contributed by atoms with E-state index in [2.05, 4.69) is 5.32 Å². The molecule has 1 aliphatic heterocycles. The molecule has 0 aromatic heterocycles. The van der Waals surface area contributed by atoms with Crippen molar-refractivity contribution in [3.05, 3.63) is 23.8 Å². The van der Waals surface area contributed by atoms with Crippen LogP contribution in [0.3, 0.4) is 0 Å². The topological polar surface area (TPSA) is 114 Å². The van der Waals surface area contributed by atoms with Crippen molar-refractivity contribution < 1.29 is 22.7 Å². The van der Waals surface area contributed by atoms with Gasteiger partial charge >= 0.3 is 6.09 Å². The standard InChI is InChI=1S/C13H17N3O5S/c1-13(2,3)21-12(18)15-16-22(19,20)9-4-5-10-8(6-9)7-11(17)14-10/h4-6,16H,7H2,1-3H3,(H,14,17)(H,15,18). The third kappa shape index (κ3) is 3.95. The van der Waals surface area contributed by atoms with E-state index >= 15 is 0 Å². The predicted molar refractivity (Wildman–Crippen MR) is 78.5 cm³/mol. The van der Waals surface area contributed by atoms with Gasteiger partial charge in [0, 0.05) is 5.69 Å². The highest BCUT2D eigenvalue weighted by Gasteiger charge is 2.23. The number of sulfonamides is 1. The van der Waals surface area contributed by atoms with Crippen LogP contribution in [-0.4, -0.2) is 26.0 Å². The Hall–Kier alpha value is -2.13. The van der Waals surface area contributed by atoms with Crippen LogP contribution in [0, 0.1) is 0 Å². The van der Waals surface area contributed by atoms with Crippen molar-refractivity contribution in [2.24, 2.45) is 0 Å². The summed E-state index contributed by atoms with van der Waals surface area (Å²) in [5, 5.41) is 2.61. The average Bonchev–Trinajstić information content (AvgIpc) is 2.73. The second kappa shape index (κ2) is 5.58. The maximum Gasteiger partial charge on any atom is 0.423 e. The quantitative estimate of drug-likeness (QED) is 0.714. The Bertz CT molecular complexity index is 722. The molecule has 1 aliphatic rings. The average molecular weight is 327 g/mol. The molecule has 3 N–H and O–H groups in total. The molecule has 0 saturated heterocycles. The van der Waals surface area contributed by atoms with Gasteiger partial charge in [0.05, 0.1) is 11.3 Å². The van der Waals surface area contributed by atoms with E-state index in [1.807, 2.05) is 10.3 Å². The Morgan fingerprint density at radius 2 is 2.00 bits per heavy atom. The molecular weight excluding hydrogens is 310 g/mol. The summed E-state index contributed by atoms with van der Waals surface area (Å²) in [7, 11) is -3.95. The second-order valence-electron chi connectivity index (χ2n) is 5.78. The van der Waals surface area contributed by atoms with E-state index in [1.165, 1.54) is 18.2 Å². The van der Waals surface area contributed by atoms with E-state index in [0.29, 0.717) is 11.3 Å². The largest absolute Gasteiger partial charge is 0.443 e. The van der Waals surface area contributed by atoms with Crippen molar-refractivity contribution in [2.75, 3.05) is 5.32 Å². The van der Waals surface area contributed by atoms with Crippen LogP contribution in [0.2, 0.25) is 0 Å². The summed E-state index contributed by atoms with van der Waals surface area (Å²) in [6.07, 6.45) is -0.785. The Morgan fingerprint density at radius 3 is 2.64 bits per heavy atom. The molecule has 9 heteroatoms. The number of carbonyl (C=O) groups is 2. The molecule has 0 atom stereocenters. The first-order chi connectivity index (χ1) is 10.1. The molecule has 0 spiro atoms. The van der Waals surface area contributed by atoms with E-state index < -0.39 is 21.7 Å². The normalized spacial score (nSPS) is 14.2. The molecule has 8 nitrogen and oxygen atoms in total. The van der Waals surface area contributed by atoms with Gasteiger partial charge in [0.25, 0.3) is 10.0 Å². The molecule has 120 valence electrons. The first-order valence-electron chi connectivity index (χ1n) is 6.50. The van der Waals surface area contributed by atoms with Gasteiger partial charge in [-0.25, -0.2) is 18.6 Å². The van der Waals surface area contributed by atoms with E-state index in [-0.39, 0.29) is 17.2 Å².